The summed E-state index contributed by atoms with van der Waals surface area (Å²) < 4.78 is 1.72. The first-order chi connectivity index (χ1) is 9.24. The molecule has 2 aromatic rings. The van der Waals surface area contributed by atoms with E-state index in [1.54, 1.807) is 22.0 Å². The van der Waals surface area contributed by atoms with Crippen molar-refractivity contribution in [2.75, 3.05) is 18.0 Å². The molecule has 5 heteroatoms. The first-order valence-electron chi connectivity index (χ1n) is 6.27. The summed E-state index contributed by atoms with van der Waals surface area (Å²) in [6.45, 7) is 1.16. The van der Waals surface area contributed by atoms with Gasteiger partial charge in [0, 0.05) is 19.3 Å². The molecular weight excluding hydrogens is 240 g/mol. The van der Waals surface area contributed by atoms with Crippen molar-refractivity contribution in [3.05, 3.63) is 48.5 Å². The van der Waals surface area contributed by atoms with Gasteiger partial charge in [0.25, 0.3) is 5.91 Å². The number of aromatic nitrogens is 2. The molecule has 1 aromatic carbocycles. The molecule has 5 nitrogen and oxygen atoms in total. The Hall–Kier alpha value is -2.14. The van der Waals surface area contributed by atoms with Crippen molar-refractivity contribution in [2.24, 2.45) is 12.8 Å². The summed E-state index contributed by atoms with van der Waals surface area (Å²) in [5.41, 5.74) is 7.00. The smallest absolute Gasteiger partial charge is 0.276 e. The van der Waals surface area contributed by atoms with Crippen LogP contribution in [0.2, 0.25) is 0 Å². The van der Waals surface area contributed by atoms with E-state index in [0.29, 0.717) is 18.8 Å². The second-order valence-electron chi connectivity index (χ2n) is 4.32. The number of imidazole rings is 1. The molecule has 0 saturated heterocycles. The minimum absolute atomic E-state index is 0.0559. The summed E-state index contributed by atoms with van der Waals surface area (Å²) in [5, 5.41) is 0. The summed E-state index contributed by atoms with van der Waals surface area (Å²) >= 11 is 0. The zero-order chi connectivity index (χ0) is 13.7. The van der Waals surface area contributed by atoms with Gasteiger partial charge in [0.1, 0.15) is 5.69 Å². The van der Waals surface area contributed by atoms with Crippen molar-refractivity contribution in [3.8, 4) is 0 Å². The molecule has 1 aromatic heterocycles. The van der Waals surface area contributed by atoms with Crippen molar-refractivity contribution in [1.29, 1.82) is 0 Å². The van der Waals surface area contributed by atoms with Crippen LogP contribution in [-0.4, -0.2) is 28.5 Å². The van der Waals surface area contributed by atoms with Gasteiger partial charge in [-0.05, 0) is 25.1 Å². The first kappa shape index (κ1) is 13.3. The van der Waals surface area contributed by atoms with Crippen molar-refractivity contribution < 1.29 is 4.79 Å². The number of hydrogen-bond acceptors (Lipinski definition) is 3. The lowest BCUT2D eigenvalue weighted by Gasteiger charge is -2.22. The van der Waals surface area contributed by atoms with Crippen LogP contribution in [0.3, 0.4) is 0 Å². The predicted octanol–water partition coefficient (Wildman–Crippen LogP) is 1.42. The number of nitrogens with two attached hydrogens (primary N) is 1. The number of nitrogens with zero attached hydrogens (tertiary/aromatic N) is 3. The van der Waals surface area contributed by atoms with Crippen molar-refractivity contribution in [3.63, 3.8) is 0 Å². The maximum Gasteiger partial charge on any atom is 0.276 e. The third-order valence-corrected chi connectivity index (χ3v) is 2.93. The zero-order valence-electron chi connectivity index (χ0n) is 11.0. The Labute approximate surface area is 112 Å². The van der Waals surface area contributed by atoms with Crippen molar-refractivity contribution in [1.82, 2.24) is 9.55 Å². The minimum Gasteiger partial charge on any atom is -0.330 e. The van der Waals surface area contributed by atoms with E-state index in [2.05, 4.69) is 4.98 Å². The van der Waals surface area contributed by atoms with E-state index in [1.165, 1.54) is 0 Å². The summed E-state index contributed by atoms with van der Waals surface area (Å²) in [4.78, 5) is 18.3. The van der Waals surface area contributed by atoms with Gasteiger partial charge in [0.2, 0.25) is 0 Å². The van der Waals surface area contributed by atoms with Gasteiger partial charge in [0.15, 0.2) is 0 Å². The van der Waals surface area contributed by atoms with Gasteiger partial charge in [-0.25, -0.2) is 4.98 Å². The molecule has 0 aliphatic rings. The molecule has 0 spiro atoms. The van der Waals surface area contributed by atoms with E-state index in [4.69, 9.17) is 5.73 Å². The Morgan fingerprint density at radius 2 is 2.11 bits per heavy atom. The van der Waals surface area contributed by atoms with Crippen LogP contribution in [0.4, 0.5) is 5.69 Å². The van der Waals surface area contributed by atoms with E-state index in [0.717, 1.165) is 12.1 Å². The van der Waals surface area contributed by atoms with Crippen LogP contribution < -0.4 is 10.6 Å². The van der Waals surface area contributed by atoms with Gasteiger partial charge < -0.3 is 15.2 Å². The summed E-state index contributed by atoms with van der Waals surface area (Å²) in [6.07, 6.45) is 3.97. The van der Waals surface area contributed by atoms with Crippen LogP contribution in [0, 0.1) is 0 Å². The number of carbonyl (C=O) groups is 1. The van der Waals surface area contributed by atoms with Gasteiger partial charge in [0.05, 0.1) is 12.5 Å². The lowest BCUT2D eigenvalue weighted by atomic mass is 10.2. The zero-order valence-corrected chi connectivity index (χ0v) is 11.0. The molecule has 0 aliphatic heterocycles. The molecule has 100 valence electrons. The van der Waals surface area contributed by atoms with E-state index in [-0.39, 0.29) is 5.91 Å². The molecule has 0 atom stereocenters. The van der Waals surface area contributed by atoms with Gasteiger partial charge in [-0.3, -0.25) is 4.79 Å². The number of para-hydroxylation sites is 1. The Bertz CT molecular complexity index is 535. The Kier molecular flexibility index (Phi) is 4.30. The quantitative estimate of drug-likeness (QED) is 0.882. The Morgan fingerprint density at radius 3 is 2.68 bits per heavy atom. The summed E-state index contributed by atoms with van der Waals surface area (Å²) in [5.74, 6) is -0.0559. The van der Waals surface area contributed by atoms with E-state index < -0.39 is 0 Å². The van der Waals surface area contributed by atoms with Gasteiger partial charge in [-0.1, -0.05) is 18.2 Å². The standard InChI is InChI=1S/C14H18N4O/c1-17-11-16-10-13(17)14(19)18(9-5-8-15)12-6-3-2-4-7-12/h2-4,6-7,10-11H,5,8-9,15H2,1H3. The third-order valence-electron chi connectivity index (χ3n) is 2.93. The SMILES string of the molecule is Cn1cncc1C(=O)N(CCCN)c1ccccc1. The minimum atomic E-state index is -0.0559. The van der Waals surface area contributed by atoms with E-state index in [1.807, 2.05) is 37.4 Å². The monoisotopic (exact) mass is 258 g/mol. The van der Waals surface area contributed by atoms with E-state index >= 15 is 0 Å². The first-order valence-corrected chi connectivity index (χ1v) is 6.27. The molecule has 1 heterocycles. The molecule has 0 bridgehead atoms. The molecule has 0 aliphatic carbocycles. The molecule has 0 saturated carbocycles. The summed E-state index contributed by atoms with van der Waals surface area (Å²) in [6, 6.07) is 9.61. The molecular formula is C14H18N4O. The van der Waals surface area contributed by atoms with Crippen LogP contribution in [0.5, 0.6) is 0 Å². The van der Waals surface area contributed by atoms with Crippen LogP contribution >= 0.6 is 0 Å². The maximum atomic E-state index is 12.6. The average molecular weight is 258 g/mol. The topological polar surface area (TPSA) is 64.2 Å². The second-order valence-corrected chi connectivity index (χ2v) is 4.32. The fourth-order valence-corrected chi connectivity index (χ4v) is 1.91. The van der Waals surface area contributed by atoms with Crippen LogP contribution in [0.1, 0.15) is 16.9 Å². The highest BCUT2D eigenvalue weighted by atomic mass is 16.2. The lowest BCUT2D eigenvalue weighted by molar-refractivity contribution is 0.0979. The molecule has 0 unspecified atom stereocenters. The Balaban J connectivity index is 2.28. The lowest BCUT2D eigenvalue weighted by Crippen LogP contribution is -2.34. The number of benzene rings is 1. The molecule has 2 N–H and O–H groups in total. The highest BCUT2D eigenvalue weighted by Crippen LogP contribution is 2.16. The summed E-state index contributed by atoms with van der Waals surface area (Å²) in [7, 11) is 1.81. The molecule has 1 amide bonds. The molecule has 0 radical (unpaired) electrons. The molecule has 19 heavy (non-hydrogen) atoms. The maximum absolute atomic E-state index is 12.6. The normalized spacial score (nSPS) is 10.4. The fraction of sp³-hybridized carbons (Fsp3) is 0.286. The van der Waals surface area contributed by atoms with Crippen LogP contribution in [0.25, 0.3) is 0 Å². The number of anilines is 1. The number of amides is 1. The largest absolute Gasteiger partial charge is 0.330 e. The van der Waals surface area contributed by atoms with Crippen molar-refractivity contribution >= 4 is 11.6 Å². The number of carbonyl (C=O) groups excluding carboxylic acids is 1. The molecule has 2 rings (SSSR count). The number of rotatable bonds is 5. The Morgan fingerprint density at radius 1 is 1.37 bits per heavy atom. The average Bonchev–Trinajstić information content (AvgIpc) is 2.86. The van der Waals surface area contributed by atoms with Gasteiger partial charge in [-0.15, -0.1) is 0 Å². The van der Waals surface area contributed by atoms with E-state index in [9.17, 15) is 4.79 Å². The highest BCUT2D eigenvalue weighted by Gasteiger charge is 2.19. The van der Waals surface area contributed by atoms with Crippen LogP contribution in [-0.2, 0) is 7.05 Å². The fourth-order valence-electron chi connectivity index (χ4n) is 1.91. The number of hydrogen-bond donors (Lipinski definition) is 1. The van der Waals surface area contributed by atoms with Gasteiger partial charge >= 0.3 is 0 Å². The van der Waals surface area contributed by atoms with Crippen molar-refractivity contribution in [2.45, 2.75) is 6.42 Å². The van der Waals surface area contributed by atoms with Gasteiger partial charge in [-0.2, -0.15) is 0 Å². The highest BCUT2D eigenvalue weighted by molar-refractivity contribution is 6.04. The third kappa shape index (κ3) is 3.00. The van der Waals surface area contributed by atoms with Crippen LogP contribution in [0.15, 0.2) is 42.9 Å². The second kappa shape index (κ2) is 6.15. The molecule has 0 fully saturated rings. The number of aryl methyl sites for hydroxylation is 1. The predicted molar refractivity (Wildman–Crippen MR) is 75.0 cm³/mol.